The van der Waals surface area contributed by atoms with E-state index < -0.39 is 22.9 Å². The second kappa shape index (κ2) is 8.80. The molecular formula is C19H29ClF3N3O. The Hall–Kier alpha value is -1.31. The minimum absolute atomic E-state index is 0. The van der Waals surface area contributed by atoms with Crippen LogP contribution in [0.1, 0.15) is 25.8 Å². The van der Waals surface area contributed by atoms with Gasteiger partial charge in [-0.3, -0.25) is 9.69 Å². The van der Waals surface area contributed by atoms with Gasteiger partial charge in [-0.2, -0.15) is 13.2 Å². The Morgan fingerprint density at radius 1 is 1.26 bits per heavy atom. The predicted octanol–water partition coefficient (Wildman–Crippen LogP) is 3.31. The van der Waals surface area contributed by atoms with E-state index in [-0.39, 0.29) is 38.5 Å². The molecule has 1 saturated heterocycles. The summed E-state index contributed by atoms with van der Waals surface area (Å²) in [5.74, 6) is -0.859. The molecule has 1 aromatic rings. The first-order valence-corrected chi connectivity index (χ1v) is 8.79. The summed E-state index contributed by atoms with van der Waals surface area (Å²) in [5.41, 5.74) is 3.83. The Morgan fingerprint density at radius 2 is 1.85 bits per heavy atom. The lowest BCUT2D eigenvalue weighted by molar-refractivity contribution is -0.223. The number of amides is 1. The third-order valence-corrected chi connectivity index (χ3v) is 5.11. The van der Waals surface area contributed by atoms with Crippen molar-refractivity contribution in [3.05, 3.63) is 35.9 Å². The molecular weight excluding hydrogens is 379 g/mol. The molecule has 0 saturated carbocycles. The zero-order chi connectivity index (χ0) is 19.6. The Balaban J connectivity index is 0.00000364. The van der Waals surface area contributed by atoms with E-state index in [0.717, 1.165) is 5.56 Å². The lowest BCUT2D eigenvalue weighted by atomic mass is 9.83. The summed E-state index contributed by atoms with van der Waals surface area (Å²) in [5, 5.41) is 0. The van der Waals surface area contributed by atoms with Crippen LogP contribution >= 0.6 is 12.4 Å². The van der Waals surface area contributed by atoms with Gasteiger partial charge >= 0.3 is 6.18 Å². The maximum absolute atomic E-state index is 14.0. The quantitative estimate of drug-likeness (QED) is 0.787. The zero-order valence-electron chi connectivity index (χ0n) is 16.1. The fourth-order valence-electron chi connectivity index (χ4n) is 3.54. The predicted molar refractivity (Wildman–Crippen MR) is 103 cm³/mol. The molecule has 1 aliphatic rings. The average Bonchev–Trinajstić information content (AvgIpc) is 2.99. The molecule has 0 aromatic heterocycles. The van der Waals surface area contributed by atoms with Crippen LogP contribution in [0, 0.1) is 10.8 Å². The molecule has 2 N–H and O–H groups in total. The van der Waals surface area contributed by atoms with Crippen molar-refractivity contribution in [1.29, 1.82) is 0 Å². The molecule has 154 valence electrons. The van der Waals surface area contributed by atoms with Crippen molar-refractivity contribution in [1.82, 2.24) is 9.80 Å². The number of carbonyl (C=O) groups is 1. The molecule has 0 spiro atoms. The normalized spacial score (nSPS) is 21.0. The zero-order valence-corrected chi connectivity index (χ0v) is 16.9. The van der Waals surface area contributed by atoms with E-state index >= 15 is 0 Å². The maximum Gasteiger partial charge on any atom is 0.404 e. The number of hydrogen-bond donors (Lipinski definition) is 1. The van der Waals surface area contributed by atoms with E-state index in [1.807, 2.05) is 44.2 Å². The second-order valence-electron chi connectivity index (χ2n) is 8.06. The van der Waals surface area contributed by atoms with Crippen LogP contribution in [0.25, 0.3) is 0 Å². The molecule has 1 heterocycles. The molecule has 1 amide bonds. The third kappa shape index (κ3) is 5.36. The number of alkyl halides is 3. The molecule has 0 bridgehead atoms. The standard InChI is InChI=1S/C19H28F3N3O.ClH/c1-17(2,12-23)13-24(3)16(26)18(19(20,21)22)9-10-25(14-18)11-15-7-5-4-6-8-15;/h4-8H,9-14,23H2,1-3H3;1H. The summed E-state index contributed by atoms with van der Waals surface area (Å²) < 4.78 is 41.9. The number of hydrogen-bond acceptors (Lipinski definition) is 3. The van der Waals surface area contributed by atoms with Crippen molar-refractivity contribution in [2.24, 2.45) is 16.6 Å². The summed E-state index contributed by atoms with van der Waals surface area (Å²) in [6.07, 6.45) is -4.80. The Kier molecular flexibility index (Phi) is 7.73. The highest BCUT2D eigenvalue weighted by atomic mass is 35.5. The summed E-state index contributed by atoms with van der Waals surface area (Å²) >= 11 is 0. The fraction of sp³-hybridized carbons (Fsp3) is 0.632. The van der Waals surface area contributed by atoms with Gasteiger partial charge in [-0.05, 0) is 30.5 Å². The second-order valence-corrected chi connectivity index (χ2v) is 8.06. The first-order valence-electron chi connectivity index (χ1n) is 8.79. The van der Waals surface area contributed by atoms with Gasteiger partial charge in [0.15, 0.2) is 5.41 Å². The van der Waals surface area contributed by atoms with Crippen molar-refractivity contribution >= 4 is 18.3 Å². The first kappa shape index (κ1) is 23.7. The van der Waals surface area contributed by atoms with Gasteiger partial charge in [0.2, 0.25) is 5.91 Å². The highest BCUT2D eigenvalue weighted by molar-refractivity contribution is 5.85. The maximum atomic E-state index is 14.0. The molecule has 8 heteroatoms. The van der Waals surface area contributed by atoms with Crippen LogP contribution in [0.15, 0.2) is 30.3 Å². The van der Waals surface area contributed by atoms with Gasteiger partial charge in [-0.15, -0.1) is 12.4 Å². The van der Waals surface area contributed by atoms with E-state index in [1.54, 1.807) is 4.90 Å². The van der Waals surface area contributed by atoms with Gasteiger partial charge in [0, 0.05) is 26.7 Å². The molecule has 1 atom stereocenters. The highest BCUT2D eigenvalue weighted by Crippen LogP contribution is 2.47. The van der Waals surface area contributed by atoms with Gasteiger partial charge in [-0.25, -0.2) is 0 Å². The van der Waals surface area contributed by atoms with Crippen LogP contribution in [-0.2, 0) is 11.3 Å². The Bertz CT molecular complexity index is 624. The fourth-order valence-corrected chi connectivity index (χ4v) is 3.54. The Labute approximate surface area is 165 Å². The molecule has 27 heavy (non-hydrogen) atoms. The summed E-state index contributed by atoms with van der Waals surface area (Å²) in [7, 11) is 1.44. The molecule has 1 unspecified atom stereocenters. The van der Waals surface area contributed by atoms with Crippen LogP contribution in [0.5, 0.6) is 0 Å². The average molecular weight is 408 g/mol. The van der Waals surface area contributed by atoms with E-state index in [0.29, 0.717) is 13.1 Å². The molecule has 0 radical (unpaired) electrons. The molecule has 1 aromatic carbocycles. The van der Waals surface area contributed by atoms with E-state index in [1.165, 1.54) is 11.9 Å². The van der Waals surface area contributed by atoms with Crippen LogP contribution in [0.3, 0.4) is 0 Å². The van der Waals surface area contributed by atoms with Crippen molar-refractivity contribution < 1.29 is 18.0 Å². The van der Waals surface area contributed by atoms with Gasteiger partial charge in [0.1, 0.15) is 0 Å². The third-order valence-electron chi connectivity index (χ3n) is 5.11. The number of nitrogens with zero attached hydrogens (tertiary/aromatic N) is 2. The van der Waals surface area contributed by atoms with E-state index in [4.69, 9.17) is 5.73 Å². The van der Waals surface area contributed by atoms with E-state index in [9.17, 15) is 18.0 Å². The van der Waals surface area contributed by atoms with Crippen LogP contribution < -0.4 is 5.73 Å². The van der Waals surface area contributed by atoms with Crippen molar-refractivity contribution in [2.75, 3.05) is 33.2 Å². The molecule has 0 aliphatic carbocycles. The lowest BCUT2D eigenvalue weighted by Crippen LogP contribution is -2.54. The molecule has 1 fully saturated rings. The van der Waals surface area contributed by atoms with Crippen molar-refractivity contribution in [3.8, 4) is 0 Å². The number of likely N-dealkylation sites (tertiary alicyclic amines) is 1. The van der Waals surface area contributed by atoms with Gasteiger partial charge in [0.05, 0.1) is 0 Å². The summed E-state index contributed by atoms with van der Waals surface area (Å²) in [6.45, 7) is 4.51. The van der Waals surface area contributed by atoms with Gasteiger partial charge < -0.3 is 10.6 Å². The number of benzene rings is 1. The number of nitrogens with two attached hydrogens (primary N) is 1. The molecule has 2 rings (SSSR count). The highest BCUT2D eigenvalue weighted by Gasteiger charge is 2.63. The Morgan fingerprint density at radius 3 is 2.37 bits per heavy atom. The summed E-state index contributed by atoms with van der Waals surface area (Å²) in [4.78, 5) is 15.8. The van der Waals surface area contributed by atoms with Crippen LogP contribution in [-0.4, -0.2) is 55.1 Å². The molecule has 1 aliphatic heterocycles. The van der Waals surface area contributed by atoms with Gasteiger partial charge in [0.25, 0.3) is 0 Å². The van der Waals surface area contributed by atoms with E-state index in [2.05, 4.69) is 0 Å². The minimum atomic E-state index is -4.59. The minimum Gasteiger partial charge on any atom is -0.344 e. The van der Waals surface area contributed by atoms with Crippen LogP contribution in [0.4, 0.5) is 13.2 Å². The largest absolute Gasteiger partial charge is 0.404 e. The topological polar surface area (TPSA) is 49.6 Å². The van der Waals surface area contributed by atoms with Crippen molar-refractivity contribution in [2.45, 2.75) is 33.0 Å². The SMILES string of the molecule is CN(CC(C)(C)CN)C(=O)C1(C(F)(F)F)CCN(Cc2ccccc2)C1.Cl. The van der Waals surface area contributed by atoms with Gasteiger partial charge in [-0.1, -0.05) is 44.2 Å². The number of rotatable bonds is 6. The number of halogens is 4. The first-order chi connectivity index (χ1) is 12.0. The van der Waals surface area contributed by atoms with Crippen LogP contribution in [0.2, 0.25) is 0 Å². The summed E-state index contributed by atoms with van der Waals surface area (Å²) in [6, 6.07) is 9.34. The number of carbonyl (C=O) groups excluding carboxylic acids is 1. The lowest BCUT2D eigenvalue weighted by Gasteiger charge is -2.37. The molecule has 4 nitrogen and oxygen atoms in total. The smallest absolute Gasteiger partial charge is 0.344 e. The van der Waals surface area contributed by atoms with Crippen molar-refractivity contribution in [3.63, 3.8) is 0 Å². The monoisotopic (exact) mass is 407 g/mol.